The van der Waals surface area contributed by atoms with E-state index in [9.17, 15) is 0 Å². The zero-order chi connectivity index (χ0) is 21.9. The van der Waals surface area contributed by atoms with Gasteiger partial charge in [-0.1, -0.05) is 87.6 Å². The van der Waals surface area contributed by atoms with E-state index in [1.54, 1.807) is 0 Å². The third-order valence-electron chi connectivity index (χ3n) is 6.10. The van der Waals surface area contributed by atoms with Crippen molar-refractivity contribution in [2.75, 3.05) is 13.2 Å². The maximum absolute atomic E-state index is 6.75. The van der Waals surface area contributed by atoms with Crippen molar-refractivity contribution in [1.29, 1.82) is 0 Å². The Balaban J connectivity index is 2.23. The molecule has 0 amide bonds. The molecular weight excluding hydrogens is 370 g/mol. The Morgan fingerprint density at radius 1 is 0.767 bits per heavy atom. The summed E-state index contributed by atoms with van der Waals surface area (Å²) < 4.78 is 0. The van der Waals surface area contributed by atoms with Crippen molar-refractivity contribution < 1.29 is 14.5 Å². The van der Waals surface area contributed by atoms with E-state index in [-0.39, 0.29) is 10.3 Å². The fraction of sp³-hybridized carbons (Fsp3) is 0.556. The Morgan fingerprint density at radius 2 is 1.40 bits per heavy atom. The van der Waals surface area contributed by atoms with Crippen LogP contribution >= 0.6 is 0 Å². The minimum atomic E-state index is -0.362. The number of hydroxylamine groups is 4. The third kappa shape index (κ3) is 6.09. The van der Waals surface area contributed by atoms with Crippen LogP contribution in [0.5, 0.6) is 5.75 Å². The molecule has 0 spiro atoms. The fourth-order valence-electron chi connectivity index (χ4n) is 4.16. The Hall–Kier alpha value is -1.84. The van der Waals surface area contributed by atoms with E-state index >= 15 is 0 Å². The van der Waals surface area contributed by atoms with Crippen molar-refractivity contribution in [2.45, 2.75) is 85.1 Å². The van der Waals surface area contributed by atoms with Gasteiger partial charge in [0, 0.05) is 29.8 Å². The van der Waals surface area contributed by atoms with Gasteiger partial charge in [-0.05, 0) is 32.8 Å². The smallest absolute Gasteiger partial charge is 0.197 e. The van der Waals surface area contributed by atoms with Crippen LogP contribution in [0, 0.1) is 0 Å². The van der Waals surface area contributed by atoms with E-state index in [0.717, 1.165) is 12.2 Å². The van der Waals surface area contributed by atoms with Gasteiger partial charge in [0.05, 0.1) is 0 Å². The molecular formula is C27H42NO2+. The minimum Gasteiger partial charge on any atom is -0.280 e. The molecule has 0 aliphatic rings. The number of nitrogens with zero attached hydrogens (tertiary/aromatic N) is 1. The first-order valence-corrected chi connectivity index (χ1v) is 11.9. The lowest BCUT2D eigenvalue weighted by Crippen LogP contribution is -2.61. The van der Waals surface area contributed by atoms with Crippen molar-refractivity contribution in [1.82, 2.24) is 0 Å². The molecule has 0 saturated heterocycles. The van der Waals surface area contributed by atoms with Crippen LogP contribution in [0.1, 0.15) is 84.3 Å². The molecule has 1 unspecified atom stereocenters. The lowest BCUT2D eigenvalue weighted by atomic mass is 9.93. The van der Waals surface area contributed by atoms with Gasteiger partial charge in [-0.15, -0.1) is 0 Å². The summed E-state index contributed by atoms with van der Waals surface area (Å²) in [7, 11) is 0. The van der Waals surface area contributed by atoms with Gasteiger partial charge < -0.3 is 0 Å². The summed E-state index contributed by atoms with van der Waals surface area (Å²) in [5, 5.41) is 0. The first kappa shape index (κ1) is 24.4. The van der Waals surface area contributed by atoms with E-state index in [1.807, 2.05) is 6.92 Å². The second-order valence-electron chi connectivity index (χ2n) is 8.55. The van der Waals surface area contributed by atoms with Gasteiger partial charge in [0.2, 0.25) is 0 Å². The average Bonchev–Trinajstić information content (AvgIpc) is 2.77. The molecule has 166 valence electrons. The van der Waals surface area contributed by atoms with Crippen LogP contribution in [0.15, 0.2) is 54.6 Å². The number of para-hydroxylation sites is 1. The molecule has 30 heavy (non-hydrogen) atoms. The topological polar surface area (TPSA) is 18.5 Å². The molecule has 1 atom stereocenters. The zero-order valence-corrected chi connectivity index (χ0v) is 19.8. The molecule has 2 aromatic rings. The summed E-state index contributed by atoms with van der Waals surface area (Å²) in [6.45, 7) is 12.1. The fourth-order valence-corrected chi connectivity index (χ4v) is 4.16. The van der Waals surface area contributed by atoms with E-state index in [2.05, 4.69) is 82.3 Å². The van der Waals surface area contributed by atoms with Gasteiger partial charge in [0.25, 0.3) is 0 Å². The Morgan fingerprint density at radius 3 is 2.07 bits per heavy atom. The van der Waals surface area contributed by atoms with Crippen LogP contribution < -0.4 is 4.84 Å². The second kappa shape index (κ2) is 12.1. The lowest BCUT2D eigenvalue weighted by Gasteiger charge is -2.43. The van der Waals surface area contributed by atoms with Crippen molar-refractivity contribution in [2.24, 2.45) is 0 Å². The molecule has 0 N–H and O–H groups in total. The molecule has 3 nitrogen and oxygen atoms in total. The van der Waals surface area contributed by atoms with Gasteiger partial charge in [-0.3, -0.25) is 4.84 Å². The van der Waals surface area contributed by atoms with Crippen LogP contribution in [0.2, 0.25) is 0 Å². The summed E-state index contributed by atoms with van der Waals surface area (Å²) in [6, 6.07) is 19.0. The summed E-state index contributed by atoms with van der Waals surface area (Å²) in [5.41, 5.74) is 2.11. The Bertz CT molecular complexity index is 729. The monoisotopic (exact) mass is 412 g/mol. The lowest BCUT2D eigenvalue weighted by molar-refractivity contribution is -1.26. The predicted molar refractivity (Wildman–Crippen MR) is 126 cm³/mol. The number of aryl methyl sites for hydroxylation is 1. The van der Waals surface area contributed by atoms with Crippen molar-refractivity contribution in [3.8, 4) is 5.75 Å². The van der Waals surface area contributed by atoms with Crippen LogP contribution in [0.3, 0.4) is 0 Å². The van der Waals surface area contributed by atoms with Crippen molar-refractivity contribution >= 4 is 0 Å². The van der Waals surface area contributed by atoms with Gasteiger partial charge >= 0.3 is 0 Å². The molecule has 2 rings (SSSR count). The highest BCUT2D eigenvalue weighted by Crippen LogP contribution is 2.38. The van der Waals surface area contributed by atoms with Crippen LogP contribution in [0.25, 0.3) is 0 Å². The SMILES string of the molecule is CCCCCCCCc1ccccc1O[N+](CC)(OCC)C(C)(C)c1ccccc1. The van der Waals surface area contributed by atoms with E-state index in [1.165, 1.54) is 49.7 Å². The maximum Gasteiger partial charge on any atom is 0.197 e. The molecule has 0 aliphatic carbocycles. The van der Waals surface area contributed by atoms with Gasteiger partial charge in [-0.25, -0.2) is 0 Å². The quantitative estimate of drug-likeness (QED) is 0.181. The van der Waals surface area contributed by atoms with Gasteiger partial charge in [-0.2, -0.15) is 4.84 Å². The standard InChI is InChI=1S/C27H42NO2/c1-6-9-10-11-12-14-19-24-20-17-18-23-26(24)30-28(7-2,29-8-3)27(4,5)25-21-15-13-16-22-25/h13,15-18,20-23H,6-12,14,19H2,1-5H3/q+1. The van der Waals surface area contributed by atoms with Crippen molar-refractivity contribution in [3.05, 3.63) is 65.7 Å². The molecule has 0 heterocycles. The number of rotatable bonds is 14. The molecule has 0 bridgehead atoms. The molecule has 2 aromatic carbocycles. The summed E-state index contributed by atoms with van der Waals surface area (Å²) in [5.74, 6) is 0.936. The molecule has 0 fully saturated rings. The summed E-state index contributed by atoms with van der Waals surface area (Å²) in [4.78, 5) is 13.2. The van der Waals surface area contributed by atoms with Gasteiger partial charge in [0.1, 0.15) is 13.2 Å². The molecule has 0 saturated carbocycles. The Kier molecular flexibility index (Phi) is 9.87. The highest BCUT2D eigenvalue weighted by atomic mass is 17.0. The second-order valence-corrected chi connectivity index (χ2v) is 8.55. The average molecular weight is 413 g/mol. The third-order valence-corrected chi connectivity index (χ3v) is 6.10. The summed E-state index contributed by atoms with van der Waals surface area (Å²) >= 11 is 0. The first-order valence-electron chi connectivity index (χ1n) is 11.9. The number of quaternary nitrogens is 1. The first-order chi connectivity index (χ1) is 14.5. The van der Waals surface area contributed by atoms with Crippen LogP contribution in [-0.2, 0) is 16.8 Å². The highest BCUT2D eigenvalue weighted by molar-refractivity contribution is 5.33. The van der Waals surface area contributed by atoms with Crippen LogP contribution in [0.4, 0.5) is 0 Å². The minimum absolute atomic E-state index is 0.112. The largest absolute Gasteiger partial charge is 0.280 e. The highest BCUT2D eigenvalue weighted by Gasteiger charge is 2.50. The number of benzene rings is 2. The van der Waals surface area contributed by atoms with Crippen LogP contribution in [-0.4, -0.2) is 18.0 Å². The number of hydrogen-bond acceptors (Lipinski definition) is 2. The normalized spacial score (nSPS) is 13.8. The maximum atomic E-state index is 6.75. The Labute approximate surface area is 184 Å². The summed E-state index contributed by atoms with van der Waals surface area (Å²) in [6.07, 6.45) is 8.84. The molecule has 0 aromatic heterocycles. The predicted octanol–water partition coefficient (Wildman–Crippen LogP) is 7.61. The number of unbranched alkanes of at least 4 members (excludes halogenated alkanes) is 5. The van der Waals surface area contributed by atoms with E-state index < -0.39 is 0 Å². The van der Waals surface area contributed by atoms with E-state index in [0.29, 0.717) is 13.2 Å². The molecule has 0 radical (unpaired) electrons. The van der Waals surface area contributed by atoms with Crippen molar-refractivity contribution in [3.63, 3.8) is 0 Å². The van der Waals surface area contributed by atoms with Gasteiger partial charge in [0.15, 0.2) is 11.3 Å². The van der Waals surface area contributed by atoms with E-state index in [4.69, 9.17) is 9.68 Å². The zero-order valence-electron chi connectivity index (χ0n) is 19.8. The molecule has 3 heteroatoms. The number of hydrogen-bond donors (Lipinski definition) is 0. The molecule has 0 aliphatic heterocycles.